The summed E-state index contributed by atoms with van der Waals surface area (Å²) in [5, 5.41) is 0. The van der Waals surface area contributed by atoms with Crippen LogP contribution < -0.4 is 4.90 Å². The Kier molecular flexibility index (Phi) is 5.68. The first-order chi connectivity index (χ1) is 12.0. The molecule has 136 valence electrons. The van der Waals surface area contributed by atoms with Gasteiger partial charge in [-0.15, -0.1) is 0 Å². The van der Waals surface area contributed by atoms with Crippen LogP contribution in [0.4, 0.5) is 10.1 Å². The number of rotatable bonds is 4. The Bertz CT molecular complexity index is 629. The fourth-order valence-corrected chi connectivity index (χ4v) is 3.48. The van der Waals surface area contributed by atoms with Crippen LogP contribution in [0.1, 0.15) is 32.6 Å². The number of hydrogen-bond donors (Lipinski definition) is 0. The molecule has 25 heavy (non-hydrogen) atoms. The number of anilines is 1. The van der Waals surface area contributed by atoms with E-state index in [1.807, 2.05) is 0 Å². The minimum atomic E-state index is -0.376. The Balaban J connectivity index is 1.49. The Morgan fingerprint density at radius 2 is 2.00 bits per heavy atom. The highest BCUT2D eigenvalue weighted by molar-refractivity contribution is 5.98. The largest absolute Gasteiger partial charge is 0.368 e. The highest BCUT2D eigenvalue weighted by Gasteiger charge is 2.29. The molecule has 1 aromatic rings. The van der Waals surface area contributed by atoms with Crippen molar-refractivity contribution in [3.8, 4) is 0 Å². The number of carbonyl (C=O) groups excluding carboxylic acids is 2. The Morgan fingerprint density at radius 3 is 2.68 bits per heavy atom. The van der Waals surface area contributed by atoms with Gasteiger partial charge in [-0.2, -0.15) is 0 Å². The number of halogens is 1. The van der Waals surface area contributed by atoms with E-state index in [9.17, 15) is 14.0 Å². The summed E-state index contributed by atoms with van der Waals surface area (Å²) in [6.07, 6.45) is 4.44. The van der Waals surface area contributed by atoms with Crippen LogP contribution in [0.5, 0.6) is 0 Å². The highest BCUT2D eigenvalue weighted by atomic mass is 19.1. The van der Waals surface area contributed by atoms with E-state index in [0.717, 1.165) is 31.6 Å². The summed E-state index contributed by atoms with van der Waals surface area (Å²) in [4.78, 5) is 27.7. The molecule has 0 unspecified atom stereocenters. The van der Waals surface area contributed by atoms with Gasteiger partial charge in [0.05, 0.1) is 6.10 Å². The third-order valence-electron chi connectivity index (χ3n) is 5.10. The van der Waals surface area contributed by atoms with Gasteiger partial charge in [0, 0.05) is 18.8 Å². The van der Waals surface area contributed by atoms with Crippen LogP contribution in [0, 0.1) is 11.7 Å². The molecule has 0 N–H and O–H groups in total. The van der Waals surface area contributed by atoms with Gasteiger partial charge < -0.3 is 14.5 Å². The summed E-state index contributed by atoms with van der Waals surface area (Å²) < 4.78 is 19.1. The van der Waals surface area contributed by atoms with Gasteiger partial charge in [0.1, 0.15) is 19.0 Å². The fourth-order valence-electron chi connectivity index (χ4n) is 3.48. The van der Waals surface area contributed by atoms with Gasteiger partial charge in [-0.25, -0.2) is 4.39 Å². The number of nitrogens with zero attached hydrogens (tertiary/aromatic N) is 2. The number of ether oxygens (including phenoxy) is 1. The first kappa shape index (κ1) is 17.9. The summed E-state index contributed by atoms with van der Waals surface area (Å²) in [7, 11) is 0. The van der Waals surface area contributed by atoms with E-state index in [1.165, 1.54) is 21.9 Å². The standard InChI is InChI=1S/C19H25FN2O3/c1-14-5-7-17(8-6-14)25-13-19(24)21-9-10-22(18(23)12-21)16-4-2-3-15(20)11-16/h2-4,11,14,17H,5-10,12-13H2,1H3. The second kappa shape index (κ2) is 7.95. The van der Waals surface area contributed by atoms with Crippen LogP contribution in [0.25, 0.3) is 0 Å². The topological polar surface area (TPSA) is 49.9 Å². The maximum atomic E-state index is 13.3. The second-order valence-electron chi connectivity index (χ2n) is 7.03. The maximum Gasteiger partial charge on any atom is 0.249 e. The summed E-state index contributed by atoms with van der Waals surface area (Å²) in [6.45, 7) is 3.10. The van der Waals surface area contributed by atoms with Crippen molar-refractivity contribution in [2.24, 2.45) is 5.92 Å². The quantitative estimate of drug-likeness (QED) is 0.840. The predicted octanol–water partition coefficient (Wildman–Crippen LogP) is 2.60. The summed E-state index contributed by atoms with van der Waals surface area (Å²) in [5.41, 5.74) is 0.532. The van der Waals surface area contributed by atoms with E-state index in [-0.39, 0.29) is 36.9 Å². The minimum absolute atomic E-state index is 0.0143. The van der Waals surface area contributed by atoms with Gasteiger partial charge in [-0.3, -0.25) is 9.59 Å². The fraction of sp³-hybridized carbons (Fsp3) is 0.579. The molecule has 0 aromatic heterocycles. The second-order valence-corrected chi connectivity index (χ2v) is 7.03. The molecule has 2 fully saturated rings. The number of amides is 2. The van der Waals surface area contributed by atoms with Gasteiger partial charge >= 0.3 is 0 Å². The summed E-state index contributed by atoms with van der Waals surface area (Å²) >= 11 is 0. The molecule has 1 saturated heterocycles. The molecule has 1 aliphatic carbocycles. The SMILES string of the molecule is CC1CCC(OCC(=O)N2CCN(c3cccc(F)c3)C(=O)C2)CC1. The number of hydrogen-bond acceptors (Lipinski definition) is 3. The lowest BCUT2D eigenvalue weighted by atomic mass is 9.89. The monoisotopic (exact) mass is 348 g/mol. The zero-order valence-electron chi connectivity index (χ0n) is 14.6. The van der Waals surface area contributed by atoms with Crippen molar-refractivity contribution in [3.05, 3.63) is 30.1 Å². The molecule has 3 rings (SSSR count). The lowest BCUT2D eigenvalue weighted by Crippen LogP contribution is -2.53. The zero-order chi connectivity index (χ0) is 17.8. The molecule has 2 amide bonds. The van der Waals surface area contributed by atoms with E-state index in [4.69, 9.17) is 4.74 Å². The van der Waals surface area contributed by atoms with Gasteiger partial charge in [-0.1, -0.05) is 13.0 Å². The predicted molar refractivity (Wildman–Crippen MR) is 92.7 cm³/mol. The van der Waals surface area contributed by atoms with Gasteiger partial charge in [-0.05, 0) is 49.8 Å². The first-order valence-electron chi connectivity index (χ1n) is 8.98. The summed E-state index contributed by atoms with van der Waals surface area (Å²) in [5.74, 6) is 0.0191. The van der Waals surface area contributed by atoms with Crippen LogP contribution in [-0.2, 0) is 14.3 Å². The molecule has 1 aliphatic heterocycles. The summed E-state index contributed by atoms with van der Waals surface area (Å²) in [6, 6.07) is 5.96. The number of benzene rings is 1. The van der Waals surface area contributed by atoms with Crippen molar-refractivity contribution in [1.29, 1.82) is 0 Å². The van der Waals surface area contributed by atoms with Crippen LogP contribution in [0.15, 0.2) is 24.3 Å². The van der Waals surface area contributed by atoms with Crippen molar-refractivity contribution in [1.82, 2.24) is 4.90 Å². The maximum absolute atomic E-state index is 13.3. The van der Waals surface area contributed by atoms with Crippen LogP contribution in [0.2, 0.25) is 0 Å². The van der Waals surface area contributed by atoms with Crippen molar-refractivity contribution in [3.63, 3.8) is 0 Å². The third-order valence-corrected chi connectivity index (χ3v) is 5.10. The minimum Gasteiger partial charge on any atom is -0.368 e. The molecule has 1 aromatic carbocycles. The van der Waals surface area contributed by atoms with Crippen molar-refractivity contribution in [2.45, 2.75) is 38.7 Å². The van der Waals surface area contributed by atoms with Crippen LogP contribution in [-0.4, -0.2) is 49.1 Å². The van der Waals surface area contributed by atoms with E-state index in [1.54, 1.807) is 12.1 Å². The average molecular weight is 348 g/mol. The average Bonchev–Trinajstić information content (AvgIpc) is 2.61. The Hall–Kier alpha value is -1.95. The molecule has 1 saturated carbocycles. The molecular weight excluding hydrogens is 323 g/mol. The highest BCUT2D eigenvalue weighted by Crippen LogP contribution is 2.25. The molecule has 1 heterocycles. The lowest BCUT2D eigenvalue weighted by molar-refractivity contribution is -0.143. The Labute approximate surface area is 147 Å². The molecule has 5 nitrogen and oxygen atoms in total. The van der Waals surface area contributed by atoms with E-state index in [2.05, 4.69) is 6.92 Å². The smallest absolute Gasteiger partial charge is 0.249 e. The first-order valence-corrected chi connectivity index (χ1v) is 8.98. The third kappa shape index (κ3) is 4.57. The lowest BCUT2D eigenvalue weighted by Gasteiger charge is -2.34. The van der Waals surface area contributed by atoms with Gasteiger partial charge in [0.15, 0.2) is 0 Å². The zero-order valence-corrected chi connectivity index (χ0v) is 14.6. The normalized spacial score (nSPS) is 24.5. The Morgan fingerprint density at radius 1 is 1.24 bits per heavy atom. The molecule has 0 atom stereocenters. The molecule has 6 heteroatoms. The van der Waals surface area contributed by atoms with Gasteiger partial charge in [0.2, 0.25) is 11.8 Å². The van der Waals surface area contributed by atoms with Crippen LogP contribution >= 0.6 is 0 Å². The number of piperazine rings is 1. The van der Waals surface area contributed by atoms with Crippen molar-refractivity contribution in [2.75, 3.05) is 31.1 Å². The molecule has 0 spiro atoms. The molecule has 0 bridgehead atoms. The van der Waals surface area contributed by atoms with E-state index >= 15 is 0 Å². The molecular formula is C19H25FN2O3. The van der Waals surface area contributed by atoms with Crippen molar-refractivity contribution < 1.29 is 18.7 Å². The van der Waals surface area contributed by atoms with Crippen molar-refractivity contribution >= 4 is 17.5 Å². The molecule has 0 radical (unpaired) electrons. The van der Waals surface area contributed by atoms with E-state index in [0.29, 0.717) is 18.8 Å². The molecule has 2 aliphatic rings. The van der Waals surface area contributed by atoms with Crippen LogP contribution in [0.3, 0.4) is 0 Å². The van der Waals surface area contributed by atoms with E-state index < -0.39 is 0 Å². The number of carbonyl (C=O) groups is 2. The van der Waals surface area contributed by atoms with Gasteiger partial charge in [0.25, 0.3) is 0 Å².